The van der Waals surface area contributed by atoms with Gasteiger partial charge in [-0.05, 0) is 58.1 Å². The minimum absolute atomic E-state index is 0.0532. The van der Waals surface area contributed by atoms with Gasteiger partial charge in [-0.3, -0.25) is 0 Å². The number of rotatable bonds is 2. The number of nitrogens with zero attached hydrogens (tertiary/aromatic N) is 2. The van der Waals surface area contributed by atoms with Crippen LogP contribution >= 0.6 is 0 Å². The van der Waals surface area contributed by atoms with Crippen LogP contribution in [-0.4, -0.2) is 8.97 Å². The number of para-hydroxylation sites is 4. The molecular weight excluding hydrogens is 569 g/mol. The van der Waals surface area contributed by atoms with E-state index >= 15 is 0 Å². The van der Waals surface area contributed by atoms with E-state index in [4.69, 9.17) is 0 Å². The van der Waals surface area contributed by atoms with Crippen LogP contribution in [0.2, 0.25) is 0 Å². The van der Waals surface area contributed by atoms with Crippen LogP contribution in [-0.2, 0) is 5.41 Å². The van der Waals surface area contributed by atoms with Crippen molar-refractivity contribution in [2.45, 2.75) is 19.3 Å². The van der Waals surface area contributed by atoms with Crippen LogP contribution in [0.1, 0.15) is 25.0 Å². The Labute approximate surface area is 272 Å². The smallest absolute Gasteiger partial charge is 0.0620 e. The van der Waals surface area contributed by atoms with Crippen molar-refractivity contribution < 1.29 is 0 Å². The van der Waals surface area contributed by atoms with Crippen LogP contribution in [0.25, 0.3) is 87.8 Å². The molecule has 0 bridgehead atoms. The van der Waals surface area contributed by atoms with Gasteiger partial charge in [-0.2, -0.15) is 0 Å². The van der Waals surface area contributed by atoms with Crippen LogP contribution in [0, 0.1) is 0 Å². The average molecular weight is 599 g/mol. The Bertz CT molecular complexity index is 2930. The molecule has 1 aliphatic carbocycles. The van der Waals surface area contributed by atoms with Gasteiger partial charge in [0.1, 0.15) is 0 Å². The Morgan fingerprint density at radius 2 is 1.00 bits per heavy atom. The molecule has 2 nitrogen and oxygen atoms in total. The summed E-state index contributed by atoms with van der Waals surface area (Å²) in [5.41, 5.74) is 15.4. The second-order valence-corrected chi connectivity index (χ2v) is 13.7. The molecule has 7 aromatic carbocycles. The van der Waals surface area contributed by atoms with E-state index in [2.05, 4.69) is 168 Å². The minimum Gasteiger partial charge on any atom is -0.309 e. The summed E-state index contributed by atoms with van der Waals surface area (Å²) in [6, 6.07) is 54.3. The van der Waals surface area contributed by atoms with E-state index in [9.17, 15) is 0 Å². The predicted octanol–water partition coefficient (Wildman–Crippen LogP) is 11.9. The molecule has 0 amide bonds. The van der Waals surface area contributed by atoms with Crippen LogP contribution < -0.4 is 0 Å². The number of aromatic nitrogens is 2. The lowest BCUT2D eigenvalue weighted by atomic mass is 9.81. The van der Waals surface area contributed by atoms with Crippen molar-refractivity contribution in [1.29, 1.82) is 0 Å². The monoisotopic (exact) mass is 598 g/mol. The van der Waals surface area contributed by atoms with Crippen molar-refractivity contribution in [3.63, 3.8) is 0 Å². The molecule has 2 heteroatoms. The molecule has 47 heavy (non-hydrogen) atoms. The van der Waals surface area contributed by atoms with Crippen LogP contribution in [0.3, 0.4) is 0 Å². The molecule has 0 saturated carbocycles. The van der Waals surface area contributed by atoms with Crippen molar-refractivity contribution in [3.8, 4) is 27.9 Å². The number of hydrogen-bond acceptors (Lipinski definition) is 0. The first kappa shape index (κ1) is 25.3. The van der Waals surface area contributed by atoms with E-state index in [-0.39, 0.29) is 5.41 Å². The highest BCUT2D eigenvalue weighted by atomic mass is 15.0. The first-order valence-corrected chi connectivity index (χ1v) is 16.5. The topological polar surface area (TPSA) is 9.34 Å². The van der Waals surface area contributed by atoms with Crippen LogP contribution in [0.5, 0.6) is 0 Å². The molecule has 220 valence electrons. The lowest BCUT2D eigenvalue weighted by Gasteiger charge is -2.22. The molecule has 0 spiro atoms. The first-order chi connectivity index (χ1) is 23.1. The maximum absolute atomic E-state index is 2.50. The first-order valence-electron chi connectivity index (χ1n) is 16.5. The summed E-state index contributed by atoms with van der Waals surface area (Å²) in [6.45, 7) is 4.73. The molecule has 3 aromatic heterocycles. The maximum Gasteiger partial charge on any atom is 0.0620 e. The zero-order chi connectivity index (χ0) is 31.0. The van der Waals surface area contributed by atoms with Crippen LogP contribution in [0.15, 0.2) is 146 Å². The molecule has 10 aromatic rings. The van der Waals surface area contributed by atoms with Gasteiger partial charge in [0.25, 0.3) is 0 Å². The highest BCUT2D eigenvalue weighted by Gasteiger charge is 2.35. The standard InChI is InChI=1S/C45H30N2/c1-45(2)38-18-6-3-11-30(38)31-23-21-27(25-39(31)45)29-14-9-15-35-32-12-4-7-19-40(32)46(43(29)35)28-22-24-34-37-17-10-16-36-33-13-5-8-20-41(33)47(44(36)37)42(34)26-28/h3-26H,1-2H3. The number of fused-ring (bicyclic) bond motifs is 12. The maximum atomic E-state index is 2.50. The van der Waals surface area contributed by atoms with Crippen molar-refractivity contribution in [3.05, 3.63) is 157 Å². The highest BCUT2D eigenvalue weighted by molar-refractivity contribution is 6.23. The molecular formula is C45H30N2. The Morgan fingerprint density at radius 1 is 0.404 bits per heavy atom. The van der Waals surface area contributed by atoms with Crippen molar-refractivity contribution in [2.75, 3.05) is 0 Å². The van der Waals surface area contributed by atoms with E-state index in [0.29, 0.717) is 0 Å². The largest absolute Gasteiger partial charge is 0.309 e. The van der Waals surface area contributed by atoms with Gasteiger partial charge in [0.05, 0.1) is 27.6 Å². The SMILES string of the molecule is CC1(C)c2ccccc2-c2ccc(-c3cccc4c5ccccc5n(-c5ccc6c7cccc8c9ccccc9n(c6c5)c87)c34)cc21. The fraction of sp³-hybridized carbons (Fsp3) is 0.0667. The fourth-order valence-corrected chi connectivity index (χ4v) is 8.95. The lowest BCUT2D eigenvalue weighted by molar-refractivity contribution is 0.660. The third kappa shape index (κ3) is 3.10. The number of benzene rings is 7. The van der Waals surface area contributed by atoms with Crippen molar-refractivity contribution in [2.24, 2.45) is 0 Å². The third-order valence-electron chi connectivity index (χ3n) is 11.1. The molecule has 0 aliphatic heterocycles. The van der Waals surface area contributed by atoms with Gasteiger partial charge in [0.2, 0.25) is 0 Å². The lowest BCUT2D eigenvalue weighted by Crippen LogP contribution is -2.14. The molecule has 0 N–H and O–H groups in total. The van der Waals surface area contributed by atoms with E-state index in [1.807, 2.05) is 0 Å². The summed E-state index contributed by atoms with van der Waals surface area (Å²) in [4.78, 5) is 0. The van der Waals surface area contributed by atoms with E-state index in [1.54, 1.807) is 0 Å². The van der Waals surface area contributed by atoms with Gasteiger partial charge in [-0.25, -0.2) is 0 Å². The second-order valence-electron chi connectivity index (χ2n) is 13.7. The molecule has 0 fully saturated rings. The van der Waals surface area contributed by atoms with Gasteiger partial charge in [0.15, 0.2) is 0 Å². The fourth-order valence-electron chi connectivity index (χ4n) is 8.95. The zero-order valence-electron chi connectivity index (χ0n) is 26.3. The van der Waals surface area contributed by atoms with E-state index < -0.39 is 0 Å². The Morgan fingerprint density at radius 3 is 1.83 bits per heavy atom. The minimum atomic E-state index is -0.0532. The summed E-state index contributed by atoms with van der Waals surface area (Å²) in [5.74, 6) is 0. The van der Waals surface area contributed by atoms with Gasteiger partial charge >= 0.3 is 0 Å². The van der Waals surface area contributed by atoms with Crippen molar-refractivity contribution in [1.82, 2.24) is 8.97 Å². The van der Waals surface area contributed by atoms with Crippen LogP contribution in [0.4, 0.5) is 0 Å². The molecule has 1 aliphatic rings. The Balaban J connectivity index is 1.22. The number of hydrogen-bond donors (Lipinski definition) is 0. The third-order valence-corrected chi connectivity index (χ3v) is 11.1. The van der Waals surface area contributed by atoms with Gasteiger partial charge in [-0.15, -0.1) is 0 Å². The zero-order valence-corrected chi connectivity index (χ0v) is 26.3. The summed E-state index contributed by atoms with van der Waals surface area (Å²) >= 11 is 0. The van der Waals surface area contributed by atoms with E-state index in [0.717, 1.165) is 0 Å². The molecule has 11 rings (SSSR count). The molecule has 0 saturated heterocycles. The predicted molar refractivity (Wildman–Crippen MR) is 198 cm³/mol. The van der Waals surface area contributed by atoms with Gasteiger partial charge in [0, 0.05) is 49.0 Å². The Hall–Kier alpha value is -5.86. The second kappa shape index (κ2) is 8.69. The molecule has 0 radical (unpaired) electrons. The summed E-state index contributed by atoms with van der Waals surface area (Å²) in [6.07, 6.45) is 0. The van der Waals surface area contributed by atoms with Crippen molar-refractivity contribution >= 4 is 59.9 Å². The Kier molecular flexibility index (Phi) is 4.68. The van der Waals surface area contributed by atoms with Gasteiger partial charge in [-0.1, -0.05) is 129 Å². The molecule has 0 unspecified atom stereocenters. The van der Waals surface area contributed by atoms with E-state index in [1.165, 1.54) is 99.0 Å². The molecule has 3 heterocycles. The van der Waals surface area contributed by atoms with Gasteiger partial charge < -0.3 is 8.97 Å². The summed E-state index contributed by atoms with van der Waals surface area (Å²) < 4.78 is 4.98. The average Bonchev–Trinajstić information content (AvgIpc) is 3.81. The normalized spacial score (nSPS) is 13.9. The summed E-state index contributed by atoms with van der Waals surface area (Å²) in [5, 5.41) is 7.78. The molecule has 0 atom stereocenters. The summed E-state index contributed by atoms with van der Waals surface area (Å²) in [7, 11) is 0. The quantitative estimate of drug-likeness (QED) is 0.187. The highest BCUT2D eigenvalue weighted by Crippen LogP contribution is 2.50.